The lowest BCUT2D eigenvalue weighted by molar-refractivity contribution is 0.462. The van der Waals surface area contributed by atoms with Crippen molar-refractivity contribution in [2.75, 3.05) is 29.0 Å². The van der Waals surface area contributed by atoms with Crippen LogP contribution in [0.5, 0.6) is 0 Å². The molecule has 0 unspecified atom stereocenters. The first-order valence-corrected chi connectivity index (χ1v) is 7.60. The van der Waals surface area contributed by atoms with Crippen LogP contribution in [-0.4, -0.2) is 24.1 Å². The molecule has 2 aliphatic rings. The molecule has 1 aliphatic carbocycles. The molecule has 0 radical (unpaired) electrons. The summed E-state index contributed by atoms with van der Waals surface area (Å²) < 4.78 is 0. The lowest BCUT2D eigenvalue weighted by Gasteiger charge is -2.24. The van der Waals surface area contributed by atoms with Gasteiger partial charge in [-0.2, -0.15) is 0 Å². The molecule has 0 bridgehead atoms. The fraction of sp³-hybridized carbons (Fsp3) is 0.667. The molecular formula is C15H24N4. The van der Waals surface area contributed by atoms with Crippen molar-refractivity contribution in [3.05, 3.63) is 12.1 Å². The minimum absolute atomic E-state index is 0.578. The Morgan fingerprint density at radius 3 is 2.53 bits per heavy atom. The highest BCUT2D eigenvalue weighted by atomic mass is 15.2. The second-order valence-corrected chi connectivity index (χ2v) is 5.82. The maximum atomic E-state index is 6.03. The molecule has 2 fully saturated rings. The number of aromatic nitrogens is 1. The minimum Gasteiger partial charge on any atom is -0.399 e. The predicted octanol–water partition coefficient (Wildman–Crippen LogP) is 3.01. The number of nitrogen functional groups attached to an aromatic ring is 1. The Balaban J connectivity index is 1.73. The molecule has 19 heavy (non-hydrogen) atoms. The van der Waals surface area contributed by atoms with Crippen LogP contribution >= 0.6 is 0 Å². The fourth-order valence-corrected chi connectivity index (χ4v) is 3.17. The maximum absolute atomic E-state index is 6.03. The van der Waals surface area contributed by atoms with E-state index in [0.29, 0.717) is 6.04 Å². The molecule has 1 aliphatic heterocycles. The Kier molecular flexibility index (Phi) is 3.76. The second kappa shape index (κ2) is 5.68. The molecule has 0 aromatic carbocycles. The van der Waals surface area contributed by atoms with Crippen LogP contribution in [0.4, 0.5) is 17.3 Å². The van der Waals surface area contributed by atoms with E-state index in [1.54, 1.807) is 0 Å². The van der Waals surface area contributed by atoms with Gasteiger partial charge in [0.25, 0.3) is 0 Å². The Bertz CT molecular complexity index is 420. The van der Waals surface area contributed by atoms with Crippen LogP contribution in [0, 0.1) is 0 Å². The average Bonchev–Trinajstić information content (AvgIpc) is 2.93. The zero-order chi connectivity index (χ0) is 13.1. The van der Waals surface area contributed by atoms with Crippen LogP contribution in [-0.2, 0) is 0 Å². The summed E-state index contributed by atoms with van der Waals surface area (Å²) in [7, 11) is 0. The van der Waals surface area contributed by atoms with Crippen LogP contribution in [0.15, 0.2) is 12.1 Å². The summed E-state index contributed by atoms with van der Waals surface area (Å²) in [5.41, 5.74) is 6.84. The summed E-state index contributed by atoms with van der Waals surface area (Å²) in [4.78, 5) is 7.08. The van der Waals surface area contributed by atoms with Gasteiger partial charge in [0.05, 0.1) is 0 Å². The van der Waals surface area contributed by atoms with Crippen molar-refractivity contribution < 1.29 is 0 Å². The van der Waals surface area contributed by atoms with E-state index in [1.807, 2.05) is 12.1 Å². The second-order valence-electron chi connectivity index (χ2n) is 5.82. The van der Waals surface area contributed by atoms with E-state index in [2.05, 4.69) is 10.2 Å². The molecule has 1 saturated carbocycles. The van der Waals surface area contributed by atoms with Crippen molar-refractivity contribution in [2.24, 2.45) is 0 Å². The van der Waals surface area contributed by atoms with Gasteiger partial charge in [-0.3, -0.25) is 0 Å². The summed E-state index contributed by atoms with van der Waals surface area (Å²) in [6, 6.07) is 4.54. The van der Waals surface area contributed by atoms with Gasteiger partial charge in [0.1, 0.15) is 11.6 Å². The summed E-state index contributed by atoms with van der Waals surface area (Å²) in [5, 5.41) is 3.57. The highest BCUT2D eigenvalue weighted by Crippen LogP contribution is 2.25. The van der Waals surface area contributed by atoms with Crippen molar-refractivity contribution in [1.82, 2.24) is 4.98 Å². The van der Waals surface area contributed by atoms with Gasteiger partial charge in [-0.25, -0.2) is 4.98 Å². The first kappa shape index (κ1) is 12.6. The summed E-state index contributed by atoms with van der Waals surface area (Å²) in [6.45, 7) is 2.22. The van der Waals surface area contributed by atoms with Crippen LogP contribution < -0.4 is 16.0 Å². The van der Waals surface area contributed by atoms with Crippen molar-refractivity contribution in [2.45, 2.75) is 51.0 Å². The topological polar surface area (TPSA) is 54.2 Å². The van der Waals surface area contributed by atoms with Crippen LogP contribution in [0.1, 0.15) is 44.9 Å². The van der Waals surface area contributed by atoms with E-state index in [1.165, 1.54) is 44.9 Å². The van der Waals surface area contributed by atoms with Gasteiger partial charge in [0.15, 0.2) is 0 Å². The molecule has 4 nitrogen and oxygen atoms in total. The van der Waals surface area contributed by atoms with Crippen LogP contribution in [0.25, 0.3) is 0 Å². The molecule has 1 aromatic heterocycles. The van der Waals surface area contributed by atoms with Crippen molar-refractivity contribution in [3.63, 3.8) is 0 Å². The van der Waals surface area contributed by atoms with E-state index >= 15 is 0 Å². The number of nitrogens with two attached hydrogens (primary N) is 1. The smallest absolute Gasteiger partial charge is 0.133 e. The SMILES string of the molecule is Nc1cc(NC2CCCCC2)nc(N2CCCC2)c1. The van der Waals surface area contributed by atoms with Crippen molar-refractivity contribution in [1.29, 1.82) is 0 Å². The van der Waals surface area contributed by atoms with Gasteiger partial charge >= 0.3 is 0 Å². The van der Waals surface area contributed by atoms with Gasteiger partial charge < -0.3 is 16.0 Å². The third kappa shape index (κ3) is 3.11. The third-order valence-corrected chi connectivity index (χ3v) is 4.22. The molecule has 0 atom stereocenters. The number of nitrogens with one attached hydrogen (secondary N) is 1. The standard InChI is InChI=1S/C15H24N4/c16-12-10-14(17-13-6-2-1-3-7-13)18-15(11-12)19-8-4-5-9-19/h10-11,13H,1-9H2,(H3,16,17,18). The van der Waals surface area contributed by atoms with E-state index in [9.17, 15) is 0 Å². The fourth-order valence-electron chi connectivity index (χ4n) is 3.17. The quantitative estimate of drug-likeness (QED) is 0.877. The summed E-state index contributed by atoms with van der Waals surface area (Å²) in [6.07, 6.45) is 9.09. The molecule has 2 heterocycles. The number of hydrogen-bond donors (Lipinski definition) is 2. The Morgan fingerprint density at radius 1 is 1.05 bits per heavy atom. The average molecular weight is 260 g/mol. The maximum Gasteiger partial charge on any atom is 0.133 e. The monoisotopic (exact) mass is 260 g/mol. The number of nitrogens with zero attached hydrogens (tertiary/aromatic N) is 2. The van der Waals surface area contributed by atoms with E-state index in [-0.39, 0.29) is 0 Å². The molecule has 0 amide bonds. The number of rotatable bonds is 3. The highest BCUT2D eigenvalue weighted by Gasteiger charge is 2.17. The largest absolute Gasteiger partial charge is 0.399 e. The number of hydrogen-bond acceptors (Lipinski definition) is 4. The molecule has 3 rings (SSSR count). The lowest BCUT2D eigenvalue weighted by atomic mass is 9.95. The van der Waals surface area contributed by atoms with E-state index < -0.39 is 0 Å². The minimum atomic E-state index is 0.578. The normalized spacial score (nSPS) is 20.7. The number of pyridine rings is 1. The molecule has 1 aromatic rings. The molecule has 3 N–H and O–H groups in total. The van der Waals surface area contributed by atoms with Gasteiger partial charge in [0.2, 0.25) is 0 Å². The summed E-state index contributed by atoms with van der Waals surface area (Å²) >= 11 is 0. The molecular weight excluding hydrogens is 236 g/mol. The Hall–Kier alpha value is -1.45. The van der Waals surface area contributed by atoms with Gasteiger partial charge in [0, 0.05) is 37.0 Å². The van der Waals surface area contributed by atoms with Gasteiger partial charge in [-0.1, -0.05) is 19.3 Å². The first-order chi connectivity index (χ1) is 9.31. The predicted molar refractivity (Wildman–Crippen MR) is 80.6 cm³/mol. The third-order valence-electron chi connectivity index (χ3n) is 4.22. The van der Waals surface area contributed by atoms with Crippen molar-refractivity contribution in [3.8, 4) is 0 Å². The lowest BCUT2D eigenvalue weighted by Crippen LogP contribution is -2.24. The van der Waals surface area contributed by atoms with Crippen molar-refractivity contribution >= 4 is 17.3 Å². The highest BCUT2D eigenvalue weighted by molar-refractivity contribution is 5.59. The first-order valence-electron chi connectivity index (χ1n) is 7.60. The number of anilines is 3. The molecule has 1 saturated heterocycles. The zero-order valence-corrected chi connectivity index (χ0v) is 11.6. The zero-order valence-electron chi connectivity index (χ0n) is 11.6. The molecule has 0 spiro atoms. The van der Waals surface area contributed by atoms with Gasteiger partial charge in [-0.15, -0.1) is 0 Å². The van der Waals surface area contributed by atoms with Crippen LogP contribution in [0.2, 0.25) is 0 Å². The van der Waals surface area contributed by atoms with E-state index in [0.717, 1.165) is 30.4 Å². The molecule has 4 heteroatoms. The Labute approximate surface area is 115 Å². The van der Waals surface area contributed by atoms with E-state index in [4.69, 9.17) is 10.7 Å². The Morgan fingerprint density at radius 2 is 1.79 bits per heavy atom. The molecule has 104 valence electrons. The van der Waals surface area contributed by atoms with Crippen LogP contribution in [0.3, 0.4) is 0 Å². The summed E-state index contributed by atoms with van der Waals surface area (Å²) in [5.74, 6) is 1.99. The van der Waals surface area contributed by atoms with Gasteiger partial charge in [-0.05, 0) is 25.7 Å².